The monoisotopic (exact) mass is 261 g/mol. The van der Waals surface area contributed by atoms with E-state index in [1.165, 1.54) is 0 Å². The third-order valence-corrected chi connectivity index (χ3v) is 3.58. The van der Waals surface area contributed by atoms with Crippen LogP contribution in [0.25, 0.3) is 10.9 Å². The number of carbonyl (C=O) groups excluding carboxylic acids is 1. The molecule has 0 aliphatic heterocycles. The first kappa shape index (κ1) is 12.5. The SMILES string of the molecule is Cc1cccc(C)c1C(=O)c1ccc2cccnc2c1. The molecule has 0 amide bonds. The fourth-order valence-corrected chi connectivity index (χ4v) is 2.52. The van der Waals surface area contributed by atoms with E-state index in [1.54, 1.807) is 6.20 Å². The third-order valence-electron chi connectivity index (χ3n) is 3.58. The lowest BCUT2D eigenvalue weighted by molar-refractivity contribution is 0.103. The number of hydrogen-bond donors (Lipinski definition) is 0. The summed E-state index contributed by atoms with van der Waals surface area (Å²) < 4.78 is 0. The molecule has 0 unspecified atom stereocenters. The van der Waals surface area contributed by atoms with Crippen molar-refractivity contribution >= 4 is 16.7 Å². The van der Waals surface area contributed by atoms with Crippen LogP contribution in [0.4, 0.5) is 0 Å². The third kappa shape index (κ3) is 2.10. The van der Waals surface area contributed by atoms with Crippen molar-refractivity contribution in [3.8, 4) is 0 Å². The van der Waals surface area contributed by atoms with E-state index < -0.39 is 0 Å². The zero-order valence-corrected chi connectivity index (χ0v) is 11.6. The van der Waals surface area contributed by atoms with Gasteiger partial charge in [0.05, 0.1) is 5.52 Å². The summed E-state index contributed by atoms with van der Waals surface area (Å²) in [5.41, 5.74) is 4.35. The van der Waals surface area contributed by atoms with Crippen LogP contribution in [0.3, 0.4) is 0 Å². The molecule has 0 N–H and O–H groups in total. The molecule has 0 aliphatic carbocycles. The number of fused-ring (bicyclic) bond motifs is 1. The summed E-state index contributed by atoms with van der Waals surface area (Å²) >= 11 is 0. The molecule has 0 bridgehead atoms. The second-order valence-electron chi connectivity index (χ2n) is 5.01. The molecule has 2 nitrogen and oxygen atoms in total. The van der Waals surface area contributed by atoms with Gasteiger partial charge in [-0.3, -0.25) is 9.78 Å². The largest absolute Gasteiger partial charge is 0.289 e. The lowest BCUT2D eigenvalue weighted by Gasteiger charge is -2.09. The highest BCUT2D eigenvalue weighted by molar-refractivity contribution is 6.12. The van der Waals surface area contributed by atoms with E-state index in [2.05, 4.69) is 4.98 Å². The van der Waals surface area contributed by atoms with Crippen LogP contribution < -0.4 is 0 Å². The number of carbonyl (C=O) groups is 1. The van der Waals surface area contributed by atoms with Crippen LogP contribution in [0.2, 0.25) is 0 Å². The molecule has 0 radical (unpaired) electrons. The quantitative estimate of drug-likeness (QED) is 0.650. The molecule has 1 heterocycles. The van der Waals surface area contributed by atoms with Gasteiger partial charge in [0.1, 0.15) is 0 Å². The van der Waals surface area contributed by atoms with Crippen LogP contribution in [0.1, 0.15) is 27.0 Å². The Hall–Kier alpha value is -2.48. The normalized spacial score (nSPS) is 10.7. The first-order valence-electron chi connectivity index (χ1n) is 6.62. The van der Waals surface area contributed by atoms with Crippen LogP contribution >= 0.6 is 0 Å². The van der Waals surface area contributed by atoms with Crippen LogP contribution in [0.15, 0.2) is 54.7 Å². The van der Waals surface area contributed by atoms with Gasteiger partial charge in [-0.05, 0) is 37.1 Å². The smallest absolute Gasteiger partial charge is 0.193 e. The topological polar surface area (TPSA) is 30.0 Å². The molecule has 0 saturated carbocycles. The molecule has 0 fully saturated rings. The van der Waals surface area contributed by atoms with Crippen molar-refractivity contribution in [2.45, 2.75) is 13.8 Å². The van der Waals surface area contributed by atoms with Crippen molar-refractivity contribution in [3.05, 3.63) is 77.0 Å². The maximum absolute atomic E-state index is 12.7. The van der Waals surface area contributed by atoms with E-state index in [-0.39, 0.29) is 5.78 Å². The molecular weight excluding hydrogens is 246 g/mol. The standard InChI is InChI=1S/C18H15NO/c1-12-5-3-6-13(2)17(12)18(20)15-9-8-14-7-4-10-19-16(14)11-15/h3-11H,1-2H3. The molecule has 0 aliphatic rings. The Labute approximate surface area is 118 Å². The van der Waals surface area contributed by atoms with E-state index in [1.807, 2.05) is 62.4 Å². The lowest BCUT2D eigenvalue weighted by Crippen LogP contribution is -2.06. The number of hydrogen-bond acceptors (Lipinski definition) is 2. The van der Waals surface area contributed by atoms with Gasteiger partial charge in [-0.25, -0.2) is 0 Å². The Morgan fingerprint density at radius 3 is 2.45 bits per heavy atom. The molecule has 0 spiro atoms. The van der Waals surface area contributed by atoms with E-state index >= 15 is 0 Å². The van der Waals surface area contributed by atoms with Crippen LogP contribution in [0, 0.1) is 13.8 Å². The van der Waals surface area contributed by atoms with E-state index in [4.69, 9.17) is 0 Å². The second-order valence-corrected chi connectivity index (χ2v) is 5.01. The van der Waals surface area contributed by atoms with Gasteiger partial charge in [-0.15, -0.1) is 0 Å². The second kappa shape index (κ2) is 4.89. The summed E-state index contributed by atoms with van der Waals surface area (Å²) in [6.45, 7) is 3.94. The zero-order chi connectivity index (χ0) is 14.1. The first-order chi connectivity index (χ1) is 9.66. The Morgan fingerprint density at radius 1 is 0.950 bits per heavy atom. The Kier molecular flexibility index (Phi) is 3.07. The predicted molar refractivity (Wildman–Crippen MR) is 81.1 cm³/mol. The molecule has 98 valence electrons. The summed E-state index contributed by atoms with van der Waals surface area (Å²) in [6, 6.07) is 15.5. The zero-order valence-electron chi connectivity index (χ0n) is 11.6. The molecule has 3 aromatic rings. The van der Waals surface area contributed by atoms with Crippen LogP contribution in [-0.2, 0) is 0 Å². The van der Waals surface area contributed by atoms with Gasteiger partial charge in [-0.1, -0.05) is 36.4 Å². The Morgan fingerprint density at radius 2 is 1.70 bits per heavy atom. The van der Waals surface area contributed by atoms with Gasteiger partial charge in [0.25, 0.3) is 0 Å². The molecule has 2 heteroatoms. The Balaban J connectivity index is 2.13. The Bertz CT molecular complexity index is 785. The highest BCUT2D eigenvalue weighted by atomic mass is 16.1. The van der Waals surface area contributed by atoms with Gasteiger partial charge in [0, 0.05) is 22.7 Å². The van der Waals surface area contributed by atoms with Gasteiger partial charge < -0.3 is 0 Å². The van der Waals surface area contributed by atoms with Gasteiger partial charge >= 0.3 is 0 Å². The number of pyridine rings is 1. The van der Waals surface area contributed by atoms with Crippen molar-refractivity contribution in [1.29, 1.82) is 0 Å². The molecule has 2 aromatic carbocycles. The van der Waals surface area contributed by atoms with E-state index in [0.29, 0.717) is 5.56 Å². The van der Waals surface area contributed by atoms with E-state index in [9.17, 15) is 4.79 Å². The van der Waals surface area contributed by atoms with Gasteiger partial charge in [-0.2, -0.15) is 0 Å². The van der Waals surface area contributed by atoms with Gasteiger partial charge in [0.15, 0.2) is 5.78 Å². The summed E-state index contributed by atoms with van der Waals surface area (Å²) in [5, 5.41) is 1.05. The minimum absolute atomic E-state index is 0.0631. The van der Waals surface area contributed by atoms with Gasteiger partial charge in [0.2, 0.25) is 0 Å². The minimum atomic E-state index is 0.0631. The fourth-order valence-electron chi connectivity index (χ4n) is 2.52. The average molecular weight is 261 g/mol. The highest BCUT2D eigenvalue weighted by Crippen LogP contribution is 2.20. The number of rotatable bonds is 2. The maximum Gasteiger partial charge on any atom is 0.193 e. The van der Waals surface area contributed by atoms with Crippen molar-refractivity contribution < 1.29 is 4.79 Å². The molecule has 20 heavy (non-hydrogen) atoms. The molecular formula is C18H15NO. The molecule has 3 rings (SSSR count). The van der Waals surface area contributed by atoms with Crippen LogP contribution in [-0.4, -0.2) is 10.8 Å². The molecule has 1 aromatic heterocycles. The number of benzene rings is 2. The molecule has 0 atom stereocenters. The summed E-state index contributed by atoms with van der Waals surface area (Å²) in [4.78, 5) is 17.0. The van der Waals surface area contributed by atoms with Crippen molar-refractivity contribution in [2.75, 3.05) is 0 Å². The first-order valence-corrected chi connectivity index (χ1v) is 6.62. The van der Waals surface area contributed by atoms with E-state index in [0.717, 1.165) is 27.6 Å². The number of aromatic nitrogens is 1. The predicted octanol–water partition coefficient (Wildman–Crippen LogP) is 4.08. The van der Waals surface area contributed by atoms with Crippen molar-refractivity contribution in [3.63, 3.8) is 0 Å². The summed E-state index contributed by atoms with van der Waals surface area (Å²) in [6.07, 6.45) is 1.75. The minimum Gasteiger partial charge on any atom is -0.289 e. The molecule has 0 saturated heterocycles. The van der Waals surface area contributed by atoms with Crippen molar-refractivity contribution in [2.24, 2.45) is 0 Å². The average Bonchev–Trinajstić information content (AvgIpc) is 2.46. The number of ketones is 1. The summed E-state index contributed by atoms with van der Waals surface area (Å²) in [7, 11) is 0. The van der Waals surface area contributed by atoms with Crippen molar-refractivity contribution in [1.82, 2.24) is 4.98 Å². The number of aryl methyl sites for hydroxylation is 2. The lowest BCUT2D eigenvalue weighted by atomic mass is 9.94. The number of nitrogens with zero attached hydrogens (tertiary/aromatic N) is 1. The highest BCUT2D eigenvalue weighted by Gasteiger charge is 2.14. The fraction of sp³-hybridized carbons (Fsp3) is 0.111. The summed E-state index contributed by atoms with van der Waals surface area (Å²) in [5.74, 6) is 0.0631. The maximum atomic E-state index is 12.7. The van der Waals surface area contributed by atoms with Crippen LogP contribution in [0.5, 0.6) is 0 Å².